The Morgan fingerprint density at radius 1 is 1.17 bits per heavy atom. The third-order valence-corrected chi connectivity index (χ3v) is 4.83. The summed E-state index contributed by atoms with van der Waals surface area (Å²) in [6.07, 6.45) is 7.71. The van der Waals surface area contributed by atoms with Crippen LogP contribution < -0.4 is 10.1 Å². The molecule has 1 aromatic rings. The molecule has 1 aliphatic heterocycles. The molecular formula is C20H32N2O2. The van der Waals surface area contributed by atoms with Crippen molar-refractivity contribution in [3.63, 3.8) is 0 Å². The molecule has 1 aromatic carbocycles. The monoisotopic (exact) mass is 332 g/mol. The first-order chi connectivity index (χ1) is 11.7. The highest BCUT2D eigenvalue weighted by Crippen LogP contribution is 2.25. The lowest BCUT2D eigenvalue weighted by Gasteiger charge is -2.35. The summed E-state index contributed by atoms with van der Waals surface area (Å²) < 4.78 is 5.26. The number of rotatable bonds is 9. The summed E-state index contributed by atoms with van der Waals surface area (Å²) in [4.78, 5) is 14.6. The maximum Gasteiger partial charge on any atom is 0.220 e. The van der Waals surface area contributed by atoms with Crippen LogP contribution in [0.3, 0.4) is 0 Å². The molecule has 0 radical (unpaired) electrons. The summed E-state index contributed by atoms with van der Waals surface area (Å²) >= 11 is 0. The van der Waals surface area contributed by atoms with Gasteiger partial charge in [-0.15, -0.1) is 0 Å². The van der Waals surface area contributed by atoms with Crippen molar-refractivity contribution >= 4 is 5.91 Å². The second-order valence-corrected chi connectivity index (χ2v) is 6.65. The van der Waals surface area contributed by atoms with Crippen LogP contribution in [0.1, 0.15) is 63.5 Å². The Morgan fingerprint density at radius 2 is 1.88 bits per heavy atom. The van der Waals surface area contributed by atoms with E-state index in [0.29, 0.717) is 13.0 Å². The van der Waals surface area contributed by atoms with E-state index in [1.807, 2.05) is 12.1 Å². The van der Waals surface area contributed by atoms with Gasteiger partial charge in [0.2, 0.25) is 5.91 Å². The van der Waals surface area contributed by atoms with E-state index in [1.54, 1.807) is 7.11 Å². The number of amides is 1. The van der Waals surface area contributed by atoms with E-state index >= 15 is 0 Å². The zero-order valence-electron chi connectivity index (χ0n) is 15.2. The quantitative estimate of drug-likeness (QED) is 0.697. The summed E-state index contributed by atoms with van der Waals surface area (Å²) in [5.41, 5.74) is 1.26. The third kappa shape index (κ3) is 5.82. The summed E-state index contributed by atoms with van der Waals surface area (Å²) in [6.45, 7) is 5.08. The number of likely N-dealkylation sites (tertiary alicyclic amines) is 1. The van der Waals surface area contributed by atoms with Crippen LogP contribution in [-0.2, 0) is 4.79 Å². The molecule has 1 fully saturated rings. The molecule has 134 valence electrons. The molecule has 2 rings (SSSR count). The van der Waals surface area contributed by atoms with E-state index in [0.717, 1.165) is 38.1 Å². The summed E-state index contributed by atoms with van der Waals surface area (Å²) in [6, 6.07) is 8.53. The van der Waals surface area contributed by atoms with Gasteiger partial charge in [0.15, 0.2) is 0 Å². The number of hydrogen-bond acceptors (Lipinski definition) is 3. The average molecular weight is 332 g/mol. The predicted octanol–water partition coefficient (Wildman–Crippen LogP) is 3.92. The van der Waals surface area contributed by atoms with Gasteiger partial charge in [0.05, 0.1) is 13.2 Å². The lowest BCUT2D eigenvalue weighted by atomic mass is 10.0. The Kier molecular flexibility index (Phi) is 8.10. The molecule has 1 saturated heterocycles. The molecule has 1 atom stereocenters. The minimum absolute atomic E-state index is 0.180. The molecule has 24 heavy (non-hydrogen) atoms. The molecule has 0 saturated carbocycles. The fourth-order valence-corrected chi connectivity index (χ4v) is 3.35. The molecule has 4 heteroatoms. The molecule has 1 amide bonds. The predicted molar refractivity (Wildman–Crippen MR) is 98.3 cm³/mol. The van der Waals surface area contributed by atoms with E-state index in [-0.39, 0.29) is 11.9 Å². The van der Waals surface area contributed by atoms with E-state index < -0.39 is 0 Å². The smallest absolute Gasteiger partial charge is 0.220 e. The SMILES string of the molecule is CCCCCC(=O)NCC(c1ccc(OC)cc1)N1CCCCC1. The number of nitrogens with one attached hydrogen (secondary N) is 1. The van der Waals surface area contributed by atoms with Gasteiger partial charge >= 0.3 is 0 Å². The van der Waals surface area contributed by atoms with Crippen LogP contribution in [0.25, 0.3) is 0 Å². The summed E-state index contributed by atoms with van der Waals surface area (Å²) in [5, 5.41) is 3.15. The van der Waals surface area contributed by atoms with Crippen LogP contribution in [0.4, 0.5) is 0 Å². The largest absolute Gasteiger partial charge is 0.497 e. The molecule has 4 nitrogen and oxygen atoms in total. The van der Waals surface area contributed by atoms with E-state index in [1.165, 1.54) is 24.8 Å². The van der Waals surface area contributed by atoms with Crippen molar-refractivity contribution in [2.24, 2.45) is 0 Å². The minimum Gasteiger partial charge on any atom is -0.497 e. The fourth-order valence-electron chi connectivity index (χ4n) is 3.35. The van der Waals surface area contributed by atoms with Crippen LogP contribution in [0, 0.1) is 0 Å². The molecule has 1 heterocycles. The van der Waals surface area contributed by atoms with E-state index in [9.17, 15) is 4.79 Å². The van der Waals surface area contributed by atoms with Crippen LogP contribution in [0.5, 0.6) is 5.75 Å². The number of piperidine rings is 1. The Bertz CT molecular complexity index is 481. The first kappa shape index (κ1) is 18.8. The number of methoxy groups -OCH3 is 1. The van der Waals surface area contributed by atoms with Gasteiger partial charge < -0.3 is 10.1 Å². The van der Waals surface area contributed by atoms with Gasteiger partial charge in [0.25, 0.3) is 0 Å². The normalized spacial score (nSPS) is 16.6. The number of carbonyl (C=O) groups excluding carboxylic acids is 1. The molecule has 0 bridgehead atoms. The molecule has 0 aliphatic carbocycles. The van der Waals surface area contributed by atoms with Crippen molar-refractivity contribution in [3.8, 4) is 5.75 Å². The van der Waals surface area contributed by atoms with Gasteiger partial charge in [-0.1, -0.05) is 38.3 Å². The molecule has 1 aliphatic rings. The third-order valence-electron chi connectivity index (χ3n) is 4.83. The van der Waals surface area contributed by atoms with Gasteiger partial charge in [-0.05, 0) is 50.0 Å². The second-order valence-electron chi connectivity index (χ2n) is 6.65. The Hall–Kier alpha value is -1.55. The fraction of sp³-hybridized carbons (Fsp3) is 0.650. The van der Waals surface area contributed by atoms with Gasteiger partial charge in [-0.3, -0.25) is 9.69 Å². The highest BCUT2D eigenvalue weighted by atomic mass is 16.5. The van der Waals surface area contributed by atoms with Gasteiger partial charge in [0, 0.05) is 13.0 Å². The molecular weight excluding hydrogens is 300 g/mol. The molecule has 1 N–H and O–H groups in total. The minimum atomic E-state index is 0.180. The highest BCUT2D eigenvalue weighted by molar-refractivity contribution is 5.75. The lowest BCUT2D eigenvalue weighted by molar-refractivity contribution is -0.121. The highest BCUT2D eigenvalue weighted by Gasteiger charge is 2.22. The van der Waals surface area contributed by atoms with Crippen molar-refractivity contribution < 1.29 is 9.53 Å². The zero-order chi connectivity index (χ0) is 17.2. The number of carbonyl (C=O) groups is 1. The number of ether oxygens (including phenoxy) is 1. The Morgan fingerprint density at radius 3 is 2.50 bits per heavy atom. The number of benzene rings is 1. The summed E-state index contributed by atoms with van der Waals surface area (Å²) in [7, 11) is 1.69. The standard InChI is InChI=1S/C20H32N2O2/c1-3-4-6-9-20(23)21-16-19(22-14-7-5-8-15-22)17-10-12-18(24-2)13-11-17/h10-13,19H,3-9,14-16H2,1-2H3,(H,21,23). The van der Waals surface area contributed by atoms with Crippen molar-refractivity contribution in [1.82, 2.24) is 10.2 Å². The maximum absolute atomic E-state index is 12.1. The molecule has 0 spiro atoms. The van der Waals surface area contributed by atoms with Crippen molar-refractivity contribution in [1.29, 1.82) is 0 Å². The lowest BCUT2D eigenvalue weighted by Crippen LogP contribution is -2.40. The first-order valence-corrected chi connectivity index (χ1v) is 9.39. The van der Waals surface area contributed by atoms with Crippen molar-refractivity contribution in [3.05, 3.63) is 29.8 Å². The van der Waals surface area contributed by atoms with Gasteiger partial charge in [-0.2, -0.15) is 0 Å². The van der Waals surface area contributed by atoms with Gasteiger partial charge in [0.1, 0.15) is 5.75 Å². The molecule has 1 unspecified atom stereocenters. The van der Waals surface area contributed by atoms with Crippen LogP contribution in [-0.4, -0.2) is 37.6 Å². The van der Waals surface area contributed by atoms with E-state index in [2.05, 4.69) is 29.3 Å². The van der Waals surface area contributed by atoms with Crippen molar-refractivity contribution in [2.75, 3.05) is 26.7 Å². The Balaban J connectivity index is 1.98. The summed E-state index contributed by atoms with van der Waals surface area (Å²) in [5.74, 6) is 1.05. The first-order valence-electron chi connectivity index (χ1n) is 9.39. The number of unbranched alkanes of at least 4 members (excludes halogenated alkanes) is 2. The van der Waals surface area contributed by atoms with Crippen LogP contribution in [0.2, 0.25) is 0 Å². The van der Waals surface area contributed by atoms with Crippen LogP contribution in [0.15, 0.2) is 24.3 Å². The van der Waals surface area contributed by atoms with Crippen LogP contribution >= 0.6 is 0 Å². The zero-order valence-corrected chi connectivity index (χ0v) is 15.2. The van der Waals surface area contributed by atoms with E-state index in [4.69, 9.17) is 4.74 Å². The van der Waals surface area contributed by atoms with Crippen molar-refractivity contribution in [2.45, 2.75) is 57.9 Å². The topological polar surface area (TPSA) is 41.6 Å². The number of nitrogens with zero attached hydrogens (tertiary/aromatic N) is 1. The second kappa shape index (κ2) is 10.3. The average Bonchev–Trinajstić information content (AvgIpc) is 2.63. The maximum atomic E-state index is 12.1. The Labute approximate surface area is 146 Å². The number of hydrogen-bond donors (Lipinski definition) is 1. The molecule has 0 aromatic heterocycles. The van der Waals surface area contributed by atoms with Gasteiger partial charge in [-0.25, -0.2) is 0 Å².